The summed E-state index contributed by atoms with van der Waals surface area (Å²) in [6.45, 7) is 0. The zero-order valence-corrected chi connectivity index (χ0v) is 15.0. The number of nitrogens with zero attached hydrogens (tertiary/aromatic N) is 1. The molecule has 1 unspecified atom stereocenters. The number of phenols is 2. The van der Waals surface area contributed by atoms with Gasteiger partial charge >= 0.3 is 5.97 Å². The number of phenolic OH excluding ortho intramolecular Hbond substituents is 2. The van der Waals surface area contributed by atoms with Crippen molar-refractivity contribution >= 4 is 17.7 Å². The molecule has 0 saturated carbocycles. The van der Waals surface area contributed by atoms with Crippen LogP contribution in [-0.2, 0) is 10.3 Å². The molecule has 6 nitrogen and oxygen atoms in total. The second-order valence-electron chi connectivity index (χ2n) is 6.38. The first kappa shape index (κ1) is 16.5. The van der Waals surface area contributed by atoms with Gasteiger partial charge in [0.1, 0.15) is 27.5 Å². The Hall–Kier alpha value is -3.63. The highest BCUT2D eigenvalue weighted by molar-refractivity contribution is 8.04. The number of benzene rings is 3. The molecule has 0 amide bonds. The number of fused-ring (bicyclic) bond motifs is 6. The van der Waals surface area contributed by atoms with E-state index in [0.717, 1.165) is 11.8 Å². The highest BCUT2D eigenvalue weighted by Crippen LogP contribution is 2.59. The summed E-state index contributed by atoms with van der Waals surface area (Å²) in [6.07, 6.45) is 0. The topological polar surface area (TPSA) is 99.8 Å². The SMILES string of the molecule is N#CSc1c(O)ccc2c1Oc1cc(O)ccc1C21OC(=O)c2ccccc21. The minimum absolute atomic E-state index is 0.0235. The number of carbonyl (C=O) groups excluding carboxylic acids is 1. The van der Waals surface area contributed by atoms with E-state index in [4.69, 9.17) is 14.7 Å². The van der Waals surface area contributed by atoms with Gasteiger partial charge in [0.05, 0.1) is 5.56 Å². The van der Waals surface area contributed by atoms with Crippen LogP contribution in [0.15, 0.2) is 59.5 Å². The first-order chi connectivity index (χ1) is 13.6. The number of rotatable bonds is 1. The van der Waals surface area contributed by atoms with Gasteiger partial charge in [0.2, 0.25) is 0 Å². The van der Waals surface area contributed by atoms with Crippen LogP contribution in [0, 0.1) is 10.7 Å². The maximum atomic E-state index is 12.7. The molecule has 2 aliphatic rings. The summed E-state index contributed by atoms with van der Waals surface area (Å²) in [5.41, 5.74) is 0.809. The Kier molecular flexibility index (Phi) is 3.36. The molecule has 3 aromatic carbocycles. The fraction of sp³-hybridized carbons (Fsp3) is 0.0476. The third kappa shape index (κ3) is 2.01. The van der Waals surface area contributed by atoms with Crippen LogP contribution in [0.4, 0.5) is 0 Å². The lowest BCUT2D eigenvalue weighted by Gasteiger charge is -2.37. The van der Waals surface area contributed by atoms with Gasteiger partial charge in [-0.15, -0.1) is 0 Å². The molecule has 7 heteroatoms. The Morgan fingerprint density at radius 2 is 1.79 bits per heavy atom. The van der Waals surface area contributed by atoms with E-state index < -0.39 is 11.6 Å². The van der Waals surface area contributed by atoms with Gasteiger partial charge in [-0.3, -0.25) is 0 Å². The molecule has 0 aliphatic carbocycles. The largest absolute Gasteiger partial charge is 0.508 e. The van der Waals surface area contributed by atoms with Crippen molar-refractivity contribution in [1.82, 2.24) is 0 Å². The van der Waals surface area contributed by atoms with Gasteiger partial charge in [0.25, 0.3) is 0 Å². The van der Waals surface area contributed by atoms with Crippen LogP contribution >= 0.6 is 11.8 Å². The minimum Gasteiger partial charge on any atom is -0.508 e. The predicted octanol–water partition coefficient (Wildman–Crippen LogP) is 4.24. The second-order valence-corrected chi connectivity index (χ2v) is 7.18. The van der Waals surface area contributed by atoms with Crippen LogP contribution in [0.25, 0.3) is 0 Å². The Morgan fingerprint density at radius 3 is 2.61 bits per heavy atom. The Morgan fingerprint density at radius 1 is 1.00 bits per heavy atom. The van der Waals surface area contributed by atoms with Crippen molar-refractivity contribution in [3.8, 4) is 28.4 Å². The lowest BCUT2D eigenvalue weighted by Crippen LogP contribution is -2.33. The van der Waals surface area contributed by atoms with Crippen LogP contribution in [0.3, 0.4) is 0 Å². The molecule has 5 rings (SSSR count). The van der Waals surface area contributed by atoms with Crippen molar-refractivity contribution in [3.05, 3.63) is 76.9 Å². The Labute approximate surface area is 163 Å². The number of hydrogen-bond acceptors (Lipinski definition) is 7. The monoisotopic (exact) mass is 389 g/mol. The van der Waals surface area contributed by atoms with Crippen LogP contribution in [0.1, 0.15) is 27.0 Å². The first-order valence-corrected chi connectivity index (χ1v) is 9.14. The van der Waals surface area contributed by atoms with Crippen molar-refractivity contribution in [2.75, 3.05) is 0 Å². The molecule has 0 bridgehead atoms. The number of thiocyanates is 1. The predicted molar refractivity (Wildman–Crippen MR) is 99.5 cm³/mol. The lowest BCUT2D eigenvalue weighted by molar-refractivity contribution is 0.0222. The van der Waals surface area contributed by atoms with Gasteiger partial charge in [-0.2, -0.15) is 5.26 Å². The normalized spacial score (nSPS) is 18.5. The van der Waals surface area contributed by atoms with E-state index in [-0.39, 0.29) is 27.9 Å². The van der Waals surface area contributed by atoms with E-state index in [9.17, 15) is 15.0 Å². The van der Waals surface area contributed by atoms with Crippen LogP contribution in [0.5, 0.6) is 23.0 Å². The molecule has 136 valence electrons. The molecular weight excluding hydrogens is 378 g/mol. The molecular formula is C21H11NO5S. The quantitative estimate of drug-likeness (QED) is 0.365. The summed E-state index contributed by atoms with van der Waals surface area (Å²) in [5, 5.41) is 31.3. The van der Waals surface area contributed by atoms with Crippen molar-refractivity contribution in [1.29, 1.82) is 5.26 Å². The van der Waals surface area contributed by atoms with Crippen molar-refractivity contribution in [3.63, 3.8) is 0 Å². The number of hydrogen-bond donors (Lipinski definition) is 2. The lowest BCUT2D eigenvalue weighted by atomic mass is 9.77. The van der Waals surface area contributed by atoms with Crippen molar-refractivity contribution < 1.29 is 24.5 Å². The minimum atomic E-state index is -1.30. The fourth-order valence-corrected chi connectivity index (χ4v) is 4.34. The van der Waals surface area contributed by atoms with Gasteiger partial charge < -0.3 is 19.7 Å². The molecule has 2 heterocycles. The molecule has 1 spiro atoms. The van der Waals surface area contributed by atoms with E-state index in [1.807, 2.05) is 11.5 Å². The second kappa shape index (κ2) is 5.68. The van der Waals surface area contributed by atoms with E-state index in [1.54, 1.807) is 30.3 Å². The maximum absolute atomic E-state index is 12.7. The first-order valence-electron chi connectivity index (χ1n) is 8.33. The summed E-state index contributed by atoms with van der Waals surface area (Å²) in [4.78, 5) is 12.9. The van der Waals surface area contributed by atoms with Crippen LogP contribution in [-0.4, -0.2) is 16.2 Å². The summed E-state index contributed by atoms with van der Waals surface area (Å²) >= 11 is 0.747. The number of esters is 1. The molecule has 2 N–H and O–H groups in total. The molecule has 2 aliphatic heterocycles. The average Bonchev–Trinajstić information content (AvgIpc) is 2.98. The van der Waals surface area contributed by atoms with Crippen molar-refractivity contribution in [2.45, 2.75) is 10.5 Å². The number of carbonyl (C=O) groups is 1. The Balaban J connectivity index is 1.92. The molecule has 0 radical (unpaired) electrons. The number of nitriles is 1. The average molecular weight is 389 g/mol. The standard InChI is InChI=1S/C21H11NO5S/c22-10-28-19-16(24)8-7-15-18(19)26-17-9-11(23)5-6-14(17)21(15)13-4-2-1-3-12(13)20(25)27-21/h1-9,23-24H. The summed E-state index contributed by atoms with van der Waals surface area (Å²) < 4.78 is 11.9. The van der Waals surface area contributed by atoms with Gasteiger partial charge in [-0.05, 0) is 42.1 Å². The fourth-order valence-electron chi connectivity index (χ4n) is 3.83. The summed E-state index contributed by atoms with van der Waals surface area (Å²) in [7, 11) is 0. The molecule has 0 saturated heterocycles. The van der Waals surface area contributed by atoms with Gasteiger partial charge in [0, 0.05) is 22.8 Å². The van der Waals surface area contributed by atoms with Crippen LogP contribution < -0.4 is 4.74 Å². The zero-order chi connectivity index (χ0) is 19.5. The molecule has 3 aromatic rings. The van der Waals surface area contributed by atoms with E-state index in [2.05, 4.69) is 0 Å². The van der Waals surface area contributed by atoms with Gasteiger partial charge in [-0.25, -0.2) is 4.79 Å². The van der Waals surface area contributed by atoms with Crippen molar-refractivity contribution in [2.24, 2.45) is 0 Å². The summed E-state index contributed by atoms with van der Waals surface area (Å²) in [5.74, 6) is -0.132. The third-order valence-electron chi connectivity index (χ3n) is 4.95. The highest BCUT2D eigenvalue weighted by Gasteiger charge is 2.54. The van der Waals surface area contributed by atoms with Gasteiger partial charge in [0.15, 0.2) is 11.4 Å². The summed E-state index contributed by atoms with van der Waals surface area (Å²) in [6, 6.07) is 14.7. The molecule has 0 aromatic heterocycles. The van der Waals surface area contributed by atoms with E-state index in [1.165, 1.54) is 18.2 Å². The maximum Gasteiger partial charge on any atom is 0.340 e. The van der Waals surface area contributed by atoms with Crippen LogP contribution in [0.2, 0.25) is 0 Å². The number of thioether (sulfide) groups is 1. The third-order valence-corrected chi connectivity index (χ3v) is 5.64. The molecule has 28 heavy (non-hydrogen) atoms. The van der Waals surface area contributed by atoms with E-state index >= 15 is 0 Å². The zero-order valence-electron chi connectivity index (χ0n) is 14.2. The highest BCUT2D eigenvalue weighted by atomic mass is 32.2. The number of aromatic hydroxyl groups is 2. The smallest absolute Gasteiger partial charge is 0.340 e. The molecule has 0 fully saturated rings. The van der Waals surface area contributed by atoms with Gasteiger partial charge in [-0.1, -0.05) is 18.2 Å². The Bertz CT molecular complexity index is 1220. The molecule has 1 atom stereocenters. The number of ether oxygens (including phenoxy) is 2. The van der Waals surface area contributed by atoms with E-state index in [0.29, 0.717) is 22.3 Å².